The maximum Gasteiger partial charge on any atom is 0.246 e. The smallest absolute Gasteiger partial charge is 0.246 e. The second-order valence-corrected chi connectivity index (χ2v) is 5.52. The summed E-state index contributed by atoms with van der Waals surface area (Å²) in [5.41, 5.74) is 0.792. The Morgan fingerprint density at radius 2 is 2.23 bits per heavy atom. The molecule has 1 saturated heterocycles. The SMILES string of the molecule is CC(c1cnccn1)c1noc(CN2CCCCCC2=O)n1. The van der Waals surface area contributed by atoms with Crippen LogP contribution in [0.5, 0.6) is 0 Å². The Labute approximate surface area is 128 Å². The minimum Gasteiger partial charge on any atom is -0.337 e. The van der Waals surface area contributed by atoms with E-state index < -0.39 is 0 Å². The molecule has 0 saturated carbocycles. The topological polar surface area (TPSA) is 85.0 Å². The molecule has 1 aliphatic heterocycles. The van der Waals surface area contributed by atoms with Gasteiger partial charge in [0.25, 0.3) is 0 Å². The van der Waals surface area contributed by atoms with Crippen molar-refractivity contribution < 1.29 is 9.32 Å². The predicted molar refractivity (Wildman–Crippen MR) is 77.7 cm³/mol. The zero-order chi connectivity index (χ0) is 15.4. The predicted octanol–water partition coefficient (Wildman–Crippen LogP) is 1.91. The molecule has 7 nitrogen and oxygen atoms in total. The minimum absolute atomic E-state index is 0.0916. The molecule has 1 amide bonds. The van der Waals surface area contributed by atoms with E-state index in [1.807, 2.05) is 6.92 Å². The van der Waals surface area contributed by atoms with Crippen LogP contribution >= 0.6 is 0 Å². The Bertz CT molecular complexity index is 628. The summed E-state index contributed by atoms with van der Waals surface area (Å²) in [4.78, 5) is 26.5. The van der Waals surface area contributed by atoms with Crippen LogP contribution in [0.25, 0.3) is 0 Å². The van der Waals surface area contributed by atoms with Crippen molar-refractivity contribution in [1.82, 2.24) is 25.0 Å². The summed E-state index contributed by atoms with van der Waals surface area (Å²) in [5.74, 6) is 1.11. The molecular weight excluding hydrogens is 282 g/mol. The number of likely N-dealkylation sites (tertiary alicyclic amines) is 1. The second-order valence-electron chi connectivity index (χ2n) is 5.52. The Kier molecular flexibility index (Phi) is 4.41. The Morgan fingerprint density at radius 3 is 3.05 bits per heavy atom. The van der Waals surface area contributed by atoms with E-state index >= 15 is 0 Å². The van der Waals surface area contributed by atoms with Gasteiger partial charge in [-0.15, -0.1) is 0 Å². The third-order valence-electron chi connectivity index (χ3n) is 3.90. The second kappa shape index (κ2) is 6.64. The van der Waals surface area contributed by atoms with Crippen molar-refractivity contribution in [1.29, 1.82) is 0 Å². The van der Waals surface area contributed by atoms with Gasteiger partial charge in [0.1, 0.15) is 0 Å². The van der Waals surface area contributed by atoms with Crippen molar-refractivity contribution in [3.05, 3.63) is 36.0 Å². The molecule has 7 heteroatoms. The molecule has 2 aromatic heterocycles. The summed E-state index contributed by atoms with van der Waals surface area (Å²) in [6.45, 7) is 3.10. The van der Waals surface area contributed by atoms with Crippen molar-refractivity contribution in [3.8, 4) is 0 Å². The molecule has 3 rings (SSSR count). The van der Waals surface area contributed by atoms with E-state index in [1.54, 1.807) is 23.5 Å². The van der Waals surface area contributed by atoms with Gasteiger partial charge < -0.3 is 9.42 Å². The van der Waals surface area contributed by atoms with Crippen LogP contribution in [0.4, 0.5) is 0 Å². The zero-order valence-electron chi connectivity index (χ0n) is 12.6. The summed E-state index contributed by atoms with van der Waals surface area (Å²) in [6, 6.07) is 0. The fourth-order valence-corrected chi connectivity index (χ4v) is 2.54. The summed E-state index contributed by atoms with van der Waals surface area (Å²) < 4.78 is 5.30. The first-order chi connectivity index (χ1) is 10.7. The van der Waals surface area contributed by atoms with E-state index in [-0.39, 0.29) is 11.8 Å². The van der Waals surface area contributed by atoms with Crippen molar-refractivity contribution in [3.63, 3.8) is 0 Å². The molecular formula is C15H19N5O2. The van der Waals surface area contributed by atoms with Crippen LogP contribution in [0.15, 0.2) is 23.1 Å². The van der Waals surface area contributed by atoms with E-state index in [1.165, 1.54) is 0 Å². The summed E-state index contributed by atoms with van der Waals surface area (Å²) in [6.07, 6.45) is 8.67. The fraction of sp³-hybridized carbons (Fsp3) is 0.533. The molecule has 1 aliphatic rings. The third-order valence-corrected chi connectivity index (χ3v) is 3.90. The number of aromatic nitrogens is 4. The van der Waals surface area contributed by atoms with Gasteiger partial charge >= 0.3 is 0 Å². The van der Waals surface area contributed by atoms with E-state index in [0.717, 1.165) is 31.5 Å². The molecule has 1 atom stereocenters. The van der Waals surface area contributed by atoms with Gasteiger partial charge in [0.15, 0.2) is 5.82 Å². The van der Waals surface area contributed by atoms with Crippen molar-refractivity contribution >= 4 is 5.91 Å². The van der Waals surface area contributed by atoms with Crippen LogP contribution in [0.1, 0.15) is 55.9 Å². The van der Waals surface area contributed by atoms with E-state index in [9.17, 15) is 4.79 Å². The Hall–Kier alpha value is -2.31. The lowest BCUT2D eigenvalue weighted by Gasteiger charge is -2.17. The molecule has 0 N–H and O–H groups in total. The molecule has 1 fully saturated rings. The zero-order valence-corrected chi connectivity index (χ0v) is 12.6. The highest BCUT2D eigenvalue weighted by atomic mass is 16.5. The highest BCUT2D eigenvalue weighted by molar-refractivity contribution is 5.76. The van der Waals surface area contributed by atoms with Gasteiger partial charge in [0, 0.05) is 31.6 Å². The van der Waals surface area contributed by atoms with Gasteiger partial charge in [0.05, 0.1) is 18.2 Å². The first-order valence-electron chi connectivity index (χ1n) is 7.60. The van der Waals surface area contributed by atoms with Gasteiger partial charge in [-0.25, -0.2) is 0 Å². The van der Waals surface area contributed by atoms with Crippen LogP contribution in [0.3, 0.4) is 0 Å². The van der Waals surface area contributed by atoms with E-state index in [0.29, 0.717) is 24.7 Å². The largest absolute Gasteiger partial charge is 0.337 e. The molecule has 22 heavy (non-hydrogen) atoms. The van der Waals surface area contributed by atoms with Crippen molar-refractivity contribution in [2.24, 2.45) is 0 Å². The number of carbonyl (C=O) groups is 1. The maximum atomic E-state index is 12.0. The van der Waals surface area contributed by atoms with Crippen LogP contribution in [-0.4, -0.2) is 37.5 Å². The lowest BCUT2D eigenvalue weighted by molar-refractivity contribution is -0.131. The van der Waals surface area contributed by atoms with Gasteiger partial charge in [-0.05, 0) is 19.8 Å². The molecule has 0 bridgehead atoms. The summed E-state index contributed by atoms with van der Waals surface area (Å²) >= 11 is 0. The molecule has 0 aromatic carbocycles. The molecule has 0 aliphatic carbocycles. The quantitative estimate of drug-likeness (QED) is 0.857. The Balaban J connectivity index is 1.69. The van der Waals surface area contributed by atoms with Gasteiger partial charge in [-0.3, -0.25) is 14.8 Å². The van der Waals surface area contributed by atoms with Crippen LogP contribution in [0, 0.1) is 0 Å². The van der Waals surface area contributed by atoms with Crippen LogP contribution in [-0.2, 0) is 11.3 Å². The van der Waals surface area contributed by atoms with E-state index in [4.69, 9.17) is 4.52 Å². The number of amides is 1. The van der Waals surface area contributed by atoms with Crippen LogP contribution in [0.2, 0.25) is 0 Å². The normalized spacial score (nSPS) is 17.3. The van der Waals surface area contributed by atoms with Gasteiger partial charge in [-0.2, -0.15) is 4.98 Å². The van der Waals surface area contributed by atoms with Gasteiger partial charge in [0.2, 0.25) is 11.8 Å². The molecule has 116 valence electrons. The number of hydrogen-bond acceptors (Lipinski definition) is 6. The first kappa shape index (κ1) is 14.6. The number of rotatable bonds is 4. The number of hydrogen-bond donors (Lipinski definition) is 0. The number of carbonyl (C=O) groups excluding carboxylic acids is 1. The molecule has 0 spiro atoms. The third kappa shape index (κ3) is 3.29. The molecule has 3 heterocycles. The molecule has 1 unspecified atom stereocenters. The standard InChI is InChI=1S/C15H19N5O2/c1-11(12-9-16-6-7-17-12)15-18-13(22-19-15)10-20-8-4-2-3-5-14(20)21/h6-7,9,11H,2-5,8,10H2,1H3. The Morgan fingerprint density at radius 1 is 1.32 bits per heavy atom. The highest BCUT2D eigenvalue weighted by Crippen LogP contribution is 2.20. The average Bonchev–Trinajstić information content (AvgIpc) is 2.92. The molecule has 2 aromatic rings. The van der Waals surface area contributed by atoms with E-state index in [2.05, 4.69) is 20.1 Å². The average molecular weight is 301 g/mol. The number of nitrogens with zero attached hydrogens (tertiary/aromatic N) is 5. The highest BCUT2D eigenvalue weighted by Gasteiger charge is 2.21. The lowest BCUT2D eigenvalue weighted by Crippen LogP contribution is -2.29. The summed E-state index contributed by atoms with van der Waals surface area (Å²) in [5, 5.41) is 4.01. The first-order valence-corrected chi connectivity index (χ1v) is 7.60. The van der Waals surface area contributed by atoms with Crippen molar-refractivity contribution in [2.75, 3.05) is 6.54 Å². The van der Waals surface area contributed by atoms with Crippen molar-refractivity contribution in [2.45, 2.75) is 45.1 Å². The lowest BCUT2D eigenvalue weighted by atomic mass is 10.1. The van der Waals surface area contributed by atoms with Gasteiger partial charge in [-0.1, -0.05) is 11.6 Å². The maximum absolute atomic E-state index is 12.0. The monoisotopic (exact) mass is 301 g/mol. The summed E-state index contributed by atoms with van der Waals surface area (Å²) in [7, 11) is 0. The fourth-order valence-electron chi connectivity index (χ4n) is 2.54. The minimum atomic E-state index is -0.0916. The van der Waals surface area contributed by atoms with Crippen LogP contribution < -0.4 is 0 Å². The molecule has 0 radical (unpaired) electrons.